The number of benzene rings is 1. The van der Waals surface area contributed by atoms with Crippen molar-refractivity contribution in [2.75, 3.05) is 0 Å². The van der Waals surface area contributed by atoms with Crippen molar-refractivity contribution in [1.29, 1.82) is 0 Å². The van der Waals surface area contributed by atoms with Crippen LogP contribution in [0.2, 0.25) is 0 Å². The largest absolute Gasteiger partial charge is 0.481 e. The van der Waals surface area contributed by atoms with Gasteiger partial charge in [-0.05, 0) is 22.0 Å². The first-order valence-electron chi connectivity index (χ1n) is 3.26. The summed E-state index contributed by atoms with van der Waals surface area (Å²) in [4.78, 5) is 10.3. The summed E-state index contributed by atoms with van der Waals surface area (Å²) in [7, 11) is 0. The molecule has 0 saturated heterocycles. The zero-order chi connectivity index (χ0) is 9.14. The van der Waals surface area contributed by atoms with Gasteiger partial charge < -0.3 is 5.11 Å². The van der Waals surface area contributed by atoms with Crippen LogP contribution in [0.25, 0.3) is 0 Å². The molecule has 2 nitrogen and oxygen atoms in total. The standard InChI is InChI=1S/C8H6BrFO2/c9-6-3-1-2-5(8(6)10)4-7(11)12/h1-3H,4H2,(H,11,12). The second-order valence-electron chi connectivity index (χ2n) is 2.28. The Morgan fingerprint density at radius 1 is 1.58 bits per heavy atom. The Labute approximate surface area is 77.2 Å². The molecule has 64 valence electrons. The van der Waals surface area contributed by atoms with Crippen LogP contribution in [0.3, 0.4) is 0 Å². The van der Waals surface area contributed by atoms with E-state index in [-0.39, 0.29) is 12.0 Å². The minimum absolute atomic E-state index is 0.192. The summed E-state index contributed by atoms with van der Waals surface area (Å²) in [6.07, 6.45) is -0.286. The fraction of sp³-hybridized carbons (Fsp3) is 0.125. The van der Waals surface area contributed by atoms with Crippen LogP contribution in [0.4, 0.5) is 4.39 Å². The Morgan fingerprint density at radius 3 is 2.83 bits per heavy atom. The van der Waals surface area contributed by atoms with Gasteiger partial charge in [-0.3, -0.25) is 4.79 Å². The lowest BCUT2D eigenvalue weighted by Crippen LogP contribution is -2.02. The molecule has 1 aromatic carbocycles. The maximum atomic E-state index is 13.1. The lowest BCUT2D eigenvalue weighted by Gasteiger charge is -2.00. The molecular formula is C8H6BrFO2. The topological polar surface area (TPSA) is 37.3 Å². The fourth-order valence-corrected chi connectivity index (χ4v) is 1.26. The van der Waals surface area contributed by atoms with Crippen LogP contribution in [-0.4, -0.2) is 11.1 Å². The van der Waals surface area contributed by atoms with E-state index in [0.717, 1.165) is 0 Å². The van der Waals surface area contributed by atoms with Crippen LogP contribution in [0, 0.1) is 5.82 Å². The van der Waals surface area contributed by atoms with Crippen LogP contribution >= 0.6 is 15.9 Å². The van der Waals surface area contributed by atoms with Crippen LogP contribution in [0.15, 0.2) is 22.7 Å². The van der Waals surface area contributed by atoms with Gasteiger partial charge in [0.05, 0.1) is 10.9 Å². The van der Waals surface area contributed by atoms with Crippen LogP contribution in [0.5, 0.6) is 0 Å². The van der Waals surface area contributed by atoms with Crippen molar-refractivity contribution in [2.45, 2.75) is 6.42 Å². The normalized spacial score (nSPS) is 9.83. The summed E-state index contributed by atoms with van der Waals surface area (Å²) in [5.41, 5.74) is 0.192. The number of hydrogen-bond donors (Lipinski definition) is 1. The van der Waals surface area contributed by atoms with Gasteiger partial charge in [0.2, 0.25) is 0 Å². The Kier molecular flexibility index (Phi) is 2.81. The highest BCUT2D eigenvalue weighted by Gasteiger charge is 2.08. The highest BCUT2D eigenvalue weighted by Crippen LogP contribution is 2.18. The molecule has 0 heterocycles. The van der Waals surface area contributed by atoms with E-state index in [0.29, 0.717) is 4.47 Å². The van der Waals surface area contributed by atoms with Crippen LogP contribution in [0.1, 0.15) is 5.56 Å². The number of carboxylic acid groups (broad SMARTS) is 1. The van der Waals surface area contributed by atoms with Crippen LogP contribution < -0.4 is 0 Å². The molecular weight excluding hydrogens is 227 g/mol. The lowest BCUT2D eigenvalue weighted by molar-refractivity contribution is -0.136. The van der Waals surface area contributed by atoms with E-state index in [1.54, 1.807) is 6.07 Å². The molecule has 0 spiro atoms. The molecule has 0 aliphatic heterocycles. The number of rotatable bonds is 2. The first-order valence-corrected chi connectivity index (χ1v) is 4.05. The van der Waals surface area contributed by atoms with E-state index in [9.17, 15) is 9.18 Å². The molecule has 0 aromatic heterocycles. The Bertz CT molecular complexity index is 312. The smallest absolute Gasteiger partial charge is 0.307 e. The van der Waals surface area contributed by atoms with E-state index in [1.165, 1.54) is 12.1 Å². The molecule has 1 rings (SSSR count). The van der Waals surface area contributed by atoms with E-state index >= 15 is 0 Å². The average Bonchev–Trinajstić information content (AvgIpc) is 1.98. The second kappa shape index (κ2) is 3.67. The summed E-state index contributed by atoms with van der Waals surface area (Å²) in [6.45, 7) is 0. The van der Waals surface area contributed by atoms with Crippen molar-refractivity contribution in [3.8, 4) is 0 Å². The average molecular weight is 233 g/mol. The third-order valence-corrected chi connectivity index (χ3v) is 1.99. The summed E-state index contributed by atoms with van der Waals surface area (Å²) in [5.74, 6) is -1.54. The zero-order valence-electron chi connectivity index (χ0n) is 6.05. The van der Waals surface area contributed by atoms with Crippen LogP contribution in [-0.2, 0) is 11.2 Å². The molecule has 0 amide bonds. The molecule has 1 N–H and O–H groups in total. The molecule has 12 heavy (non-hydrogen) atoms. The third kappa shape index (κ3) is 2.04. The number of carbonyl (C=O) groups is 1. The van der Waals surface area contributed by atoms with Gasteiger partial charge in [-0.15, -0.1) is 0 Å². The molecule has 0 saturated carbocycles. The highest BCUT2D eigenvalue weighted by atomic mass is 79.9. The van der Waals surface area contributed by atoms with Gasteiger partial charge in [-0.2, -0.15) is 0 Å². The molecule has 0 bridgehead atoms. The molecule has 0 radical (unpaired) electrons. The highest BCUT2D eigenvalue weighted by molar-refractivity contribution is 9.10. The van der Waals surface area contributed by atoms with Gasteiger partial charge in [-0.1, -0.05) is 12.1 Å². The minimum Gasteiger partial charge on any atom is -0.481 e. The van der Waals surface area contributed by atoms with E-state index < -0.39 is 11.8 Å². The monoisotopic (exact) mass is 232 g/mol. The third-order valence-electron chi connectivity index (χ3n) is 1.37. The SMILES string of the molecule is O=C(O)Cc1cccc(Br)c1F. The van der Waals surface area contributed by atoms with Gasteiger partial charge >= 0.3 is 5.97 Å². The van der Waals surface area contributed by atoms with Gasteiger partial charge in [0.25, 0.3) is 0 Å². The van der Waals surface area contributed by atoms with Gasteiger partial charge in [0.1, 0.15) is 5.82 Å². The molecule has 1 aromatic rings. The lowest BCUT2D eigenvalue weighted by atomic mass is 10.1. The molecule has 0 aliphatic carbocycles. The van der Waals surface area contributed by atoms with Crippen molar-refractivity contribution in [1.82, 2.24) is 0 Å². The minimum atomic E-state index is -1.04. The summed E-state index contributed by atoms with van der Waals surface area (Å²) in [6, 6.07) is 4.58. The van der Waals surface area contributed by atoms with Crippen molar-refractivity contribution in [2.24, 2.45) is 0 Å². The first kappa shape index (κ1) is 9.19. The fourth-order valence-electron chi connectivity index (χ4n) is 0.848. The quantitative estimate of drug-likeness (QED) is 0.850. The van der Waals surface area contributed by atoms with Crippen molar-refractivity contribution in [3.05, 3.63) is 34.1 Å². The van der Waals surface area contributed by atoms with E-state index in [1.807, 2.05) is 0 Å². The Morgan fingerprint density at radius 2 is 2.25 bits per heavy atom. The van der Waals surface area contributed by atoms with E-state index in [2.05, 4.69) is 15.9 Å². The van der Waals surface area contributed by atoms with Gasteiger partial charge in [0.15, 0.2) is 0 Å². The predicted molar refractivity (Wildman–Crippen MR) is 45.4 cm³/mol. The molecule has 4 heteroatoms. The maximum Gasteiger partial charge on any atom is 0.307 e. The summed E-state index contributed by atoms with van der Waals surface area (Å²) < 4.78 is 13.3. The molecule has 0 aliphatic rings. The van der Waals surface area contributed by atoms with Gasteiger partial charge in [-0.25, -0.2) is 4.39 Å². The Balaban J connectivity index is 3.00. The number of aliphatic carboxylic acids is 1. The number of carboxylic acids is 1. The second-order valence-corrected chi connectivity index (χ2v) is 3.14. The summed E-state index contributed by atoms with van der Waals surface area (Å²) >= 11 is 2.97. The van der Waals surface area contributed by atoms with Crippen molar-refractivity contribution >= 4 is 21.9 Å². The van der Waals surface area contributed by atoms with Crippen molar-refractivity contribution in [3.63, 3.8) is 0 Å². The van der Waals surface area contributed by atoms with Gasteiger partial charge in [0, 0.05) is 5.56 Å². The summed E-state index contributed by atoms with van der Waals surface area (Å²) in [5, 5.41) is 8.40. The van der Waals surface area contributed by atoms with Crippen molar-refractivity contribution < 1.29 is 14.3 Å². The molecule has 0 unspecified atom stereocenters. The number of halogens is 2. The predicted octanol–water partition coefficient (Wildman–Crippen LogP) is 2.22. The zero-order valence-corrected chi connectivity index (χ0v) is 7.64. The molecule has 0 atom stereocenters. The van der Waals surface area contributed by atoms with E-state index in [4.69, 9.17) is 5.11 Å². The molecule has 0 fully saturated rings. The maximum absolute atomic E-state index is 13.1. The first-order chi connectivity index (χ1) is 5.61. The Hall–Kier alpha value is -0.900. The number of hydrogen-bond acceptors (Lipinski definition) is 1.